The smallest absolute Gasteiger partial charge is 0.228 e. The Morgan fingerprint density at radius 3 is 3.05 bits per heavy atom. The number of carbonyl (C=O) groups is 1. The van der Waals surface area contributed by atoms with Crippen LogP contribution in [0.25, 0.3) is 0 Å². The van der Waals surface area contributed by atoms with E-state index in [1.807, 2.05) is 12.1 Å². The molecule has 0 radical (unpaired) electrons. The molecule has 1 heterocycles. The van der Waals surface area contributed by atoms with E-state index in [1.165, 1.54) is 17.5 Å². The minimum atomic E-state index is -0.0425. The van der Waals surface area contributed by atoms with Crippen LogP contribution in [0.2, 0.25) is 0 Å². The summed E-state index contributed by atoms with van der Waals surface area (Å²) in [4.78, 5) is 12.4. The molecular weight excluding hydrogens is 248 g/mol. The van der Waals surface area contributed by atoms with Crippen molar-refractivity contribution in [1.82, 2.24) is 10.6 Å². The van der Waals surface area contributed by atoms with Crippen molar-refractivity contribution in [2.45, 2.75) is 31.7 Å². The fourth-order valence-corrected chi connectivity index (χ4v) is 3.14. The average molecular weight is 270 g/mol. The summed E-state index contributed by atoms with van der Waals surface area (Å²) in [7, 11) is 0. The third-order valence-corrected chi connectivity index (χ3v) is 4.35. The number of benzene rings is 1. The van der Waals surface area contributed by atoms with E-state index in [-0.39, 0.29) is 11.8 Å². The third kappa shape index (κ3) is 2.93. The van der Waals surface area contributed by atoms with Gasteiger partial charge in [-0.2, -0.15) is 0 Å². The summed E-state index contributed by atoms with van der Waals surface area (Å²) in [5, 5.41) is 6.49. The molecule has 2 N–H and O–H groups in total. The van der Waals surface area contributed by atoms with E-state index in [1.54, 1.807) is 0 Å². The van der Waals surface area contributed by atoms with E-state index in [4.69, 9.17) is 0 Å². The van der Waals surface area contributed by atoms with E-state index < -0.39 is 0 Å². The van der Waals surface area contributed by atoms with Gasteiger partial charge in [-0.3, -0.25) is 4.79 Å². The van der Waals surface area contributed by atoms with E-state index in [2.05, 4.69) is 34.9 Å². The maximum absolute atomic E-state index is 12.4. The lowest BCUT2D eigenvalue weighted by atomic mass is 9.89. The lowest BCUT2D eigenvalue weighted by Crippen LogP contribution is -2.40. The summed E-state index contributed by atoms with van der Waals surface area (Å²) in [6.45, 7) is 2.42. The highest BCUT2D eigenvalue weighted by Crippen LogP contribution is 2.24. The van der Waals surface area contributed by atoms with Crippen molar-refractivity contribution in [2.75, 3.05) is 13.1 Å². The normalized spacial score (nSPS) is 25.0. The van der Waals surface area contributed by atoms with Gasteiger partial charge >= 0.3 is 0 Å². The van der Waals surface area contributed by atoms with E-state index in [0.29, 0.717) is 5.92 Å². The Kier molecular flexibility index (Phi) is 4.16. The molecule has 0 fully saturated rings. The summed E-state index contributed by atoms with van der Waals surface area (Å²) >= 11 is 0. The molecule has 3 rings (SSSR count). The van der Waals surface area contributed by atoms with Gasteiger partial charge in [-0.1, -0.05) is 36.4 Å². The molecule has 20 heavy (non-hydrogen) atoms. The standard InChI is InChI=1S/C17H22N2O/c20-17(19-10-13-6-2-1-3-7-13)16-12-18-11-14-8-4-5-9-15(14)16/h1-2,4-5,8-9,13,16,18H,3,6-7,10-12H2,(H,19,20). The van der Waals surface area contributed by atoms with E-state index in [9.17, 15) is 4.79 Å². The Morgan fingerprint density at radius 2 is 2.20 bits per heavy atom. The van der Waals surface area contributed by atoms with Crippen LogP contribution in [-0.2, 0) is 11.3 Å². The predicted molar refractivity (Wildman–Crippen MR) is 80.4 cm³/mol. The Labute approximate surface area is 120 Å². The zero-order chi connectivity index (χ0) is 13.8. The van der Waals surface area contributed by atoms with Crippen LogP contribution in [0, 0.1) is 5.92 Å². The zero-order valence-electron chi connectivity index (χ0n) is 11.8. The van der Waals surface area contributed by atoms with Crippen molar-refractivity contribution < 1.29 is 4.79 Å². The molecule has 0 saturated heterocycles. The van der Waals surface area contributed by atoms with E-state index >= 15 is 0 Å². The van der Waals surface area contributed by atoms with Crippen molar-refractivity contribution in [2.24, 2.45) is 5.92 Å². The largest absolute Gasteiger partial charge is 0.355 e. The summed E-state index contributed by atoms with van der Waals surface area (Å²) < 4.78 is 0. The number of allylic oxidation sites excluding steroid dienone is 2. The molecule has 0 aromatic heterocycles. The lowest BCUT2D eigenvalue weighted by Gasteiger charge is -2.26. The lowest BCUT2D eigenvalue weighted by molar-refractivity contribution is -0.122. The maximum Gasteiger partial charge on any atom is 0.228 e. The van der Waals surface area contributed by atoms with Gasteiger partial charge in [-0.25, -0.2) is 0 Å². The third-order valence-electron chi connectivity index (χ3n) is 4.35. The van der Waals surface area contributed by atoms with Crippen molar-refractivity contribution in [3.05, 3.63) is 47.5 Å². The molecule has 2 aliphatic rings. The molecule has 2 atom stereocenters. The van der Waals surface area contributed by atoms with Crippen LogP contribution in [0.1, 0.15) is 36.3 Å². The van der Waals surface area contributed by atoms with Crippen LogP contribution in [0.15, 0.2) is 36.4 Å². The monoisotopic (exact) mass is 270 g/mol. The van der Waals surface area contributed by atoms with Crippen LogP contribution in [0.4, 0.5) is 0 Å². The molecule has 1 amide bonds. The minimum Gasteiger partial charge on any atom is -0.355 e. The first kappa shape index (κ1) is 13.4. The van der Waals surface area contributed by atoms with Crippen molar-refractivity contribution >= 4 is 5.91 Å². The Hall–Kier alpha value is -1.61. The van der Waals surface area contributed by atoms with Gasteiger partial charge in [-0.15, -0.1) is 0 Å². The topological polar surface area (TPSA) is 41.1 Å². The fraction of sp³-hybridized carbons (Fsp3) is 0.471. The van der Waals surface area contributed by atoms with Gasteiger partial charge in [0, 0.05) is 19.6 Å². The van der Waals surface area contributed by atoms with Crippen molar-refractivity contribution in [3.8, 4) is 0 Å². The molecule has 1 aliphatic carbocycles. The number of rotatable bonds is 3. The summed E-state index contributed by atoms with van der Waals surface area (Å²) in [6, 6.07) is 8.25. The molecule has 1 aliphatic heterocycles. The molecule has 0 bridgehead atoms. The van der Waals surface area contributed by atoms with Gasteiger partial charge < -0.3 is 10.6 Å². The second-order valence-corrected chi connectivity index (χ2v) is 5.78. The Balaban J connectivity index is 1.61. The van der Waals surface area contributed by atoms with Gasteiger partial charge in [0.25, 0.3) is 0 Å². The number of nitrogens with one attached hydrogen (secondary N) is 2. The molecule has 0 spiro atoms. The van der Waals surface area contributed by atoms with E-state index in [0.717, 1.165) is 32.5 Å². The maximum atomic E-state index is 12.4. The van der Waals surface area contributed by atoms with Crippen molar-refractivity contribution in [3.63, 3.8) is 0 Å². The highest BCUT2D eigenvalue weighted by molar-refractivity contribution is 5.84. The predicted octanol–water partition coefficient (Wildman–Crippen LogP) is 2.35. The first-order valence-corrected chi connectivity index (χ1v) is 7.56. The van der Waals surface area contributed by atoms with Gasteiger partial charge in [0.1, 0.15) is 0 Å². The SMILES string of the molecule is O=C(NCC1CC=CCC1)C1CNCc2ccccc21. The molecule has 106 valence electrons. The molecular formula is C17H22N2O. The number of amides is 1. The fourth-order valence-electron chi connectivity index (χ4n) is 3.14. The highest BCUT2D eigenvalue weighted by Gasteiger charge is 2.26. The number of hydrogen-bond donors (Lipinski definition) is 2. The van der Waals surface area contributed by atoms with Crippen LogP contribution in [0.3, 0.4) is 0 Å². The minimum absolute atomic E-state index is 0.0425. The number of hydrogen-bond acceptors (Lipinski definition) is 2. The quantitative estimate of drug-likeness (QED) is 0.828. The first-order valence-electron chi connectivity index (χ1n) is 7.56. The van der Waals surface area contributed by atoms with Gasteiger partial charge in [0.2, 0.25) is 5.91 Å². The molecule has 3 heteroatoms. The van der Waals surface area contributed by atoms with Crippen molar-refractivity contribution in [1.29, 1.82) is 0 Å². The molecule has 1 aromatic carbocycles. The first-order chi connectivity index (χ1) is 9.84. The van der Waals surface area contributed by atoms with Crippen LogP contribution >= 0.6 is 0 Å². The summed E-state index contributed by atoms with van der Waals surface area (Å²) in [5.41, 5.74) is 2.44. The Morgan fingerprint density at radius 1 is 1.30 bits per heavy atom. The number of carbonyl (C=O) groups excluding carboxylic acids is 1. The summed E-state index contributed by atoms with van der Waals surface area (Å²) in [6.07, 6.45) is 7.90. The molecule has 2 unspecified atom stereocenters. The van der Waals surface area contributed by atoms with Crippen LogP contribution < -0.4 is 10.6 Å². The average Bonchev–Trinajstić information content (AvgIpc) is 2.53. The Bertz CT molecular complexity index is 509. The second-order valence-electron chi connectivity index (χ2n) is 5.78. The van der Waals surface area contributed by atoms with Crippen LogP contribution in [0.5, 0.6) is 0 Å². The number of fused-ring (bicyclic) bond motifs is 1. The molecule has 3 nitrogen and oxygen atoms in total. The van der Waals surface area contributed by atoms with Crippen LogP contribution in [-0.4, -0.2) is 19.0 Å². The highest BCUT2D eigenvalue weighted by atomic mass is 16.1. The van der Waals surface area contributed by atoms with Gasteiger partial charge in [0.15, 0.2) is 0 Å². The second kappa shape index (κ2) is 6.23. The molecule has 1 aromatic rings. The zero-order valence-corrected chi connectivity index (χ0v) is 11.8. The molecule has 0 saturated carbocycles. The summed E-state index contributed by atoms with van der Waals surface area (Å²) in [5.74, 6) is 0.731. The van der Waals surface area contributed by atoms with Gasteiger partial charge in [0.05, 0.1) is 5.92 Å². The van der Waals surface area contributed by atoms with Gasteiger partial charge in [-0.05, 0) is 36.3 Å².